The van der Waals surface area contributed by atoms with Gasteiger partial charge in [-0.1, -0.05) is 211 Å². The van der Waals surface area contributed by atoms with Crippen molar-refractivity contribution in [3.05, 3.63) is 36.5 Å². The molecule has 0 rings (SSSR count). The van der Waals surface area contributed by atoms with E-state index in [-0.39, 0.29) is 31.3 Å². The molecule has 0 heterocycles. The van der Waals surface area contributed by atoms with E-state index < -0.39 is 18.2 Å². The zero-order valence-electron chi connectivity index (χ0n) is 38.0. The van der Waals surface area contributed by atoms with Gasteiger partial charge in [0.15, 0.2) is 0 Å². The summed E-state index contributed by atoms with van der Waals surface area (Å²) >= 11 is 0. The molecule has 0 saturated carbocycles. The molecule has 0 aliphatic rings. The molecule has 0 fully saturated rings. The summed E-state index contributed by atoms with van der Waals surface area (Å²) in [5.41, 5.74) is 0. The molecule has 0 aromatic carbocycles. The molecule has 0 saturated heterocycles. The van der Waals surface area contributed by atoms with Crippen molar-refractivity contribution in [3.8, 4) is 0 Å². The highest BCUT2D eigenvalue weighted by molar-refractivity contribution is 5.77. The lowest BCUT2D eigenvalue weighted by atomic mass is 10.0. The molecule has 0 aliphatic heterocycles. The molecule has 0 spiro atoms. The average molecular weight is 802 g/mol. The Morgan fingerprint density at radius 1 is 0.509 bits per heavy atom. The van der Waals surface area contributed by atoms with Gasteiger partial charge in [-0.2, -0.15) is 0 Å². The van der Waals surface area contributed by atoms with E-state index in [0.717, 1.165) is 51.4 Å². The van der Waals surface area contributed by atoms with Gasteiger partial charge in [-0.15, -0.1) is 0 Å². The molecular formula is C51H95NO5. The van der Waals surface area contributed by atoms with E-state index in [9.17, 15) is 19.8 Å². The van der Waals surface area contributed by atoms with Gasteiger partial charge in [-0.3, -0.25) is 9.59 Å². The Kier molecular flexibility index (Phi) is 43.6. The number of hydrogen-bond donors (Lipinski definition) is 3. The third-order valence-electron chi connectivity index (χ3n) is 11.2. The first-order chi connectivity index (χ1) is 28.0. The largest absolute Gasteiger partial charge is 0.462 e. The minimum atomic E-state index is -0.800. The van der Waals surface area contributed by atoms with Gasteiger partial charge < -0.3 is 20.3 Å². The Balaban J connectivity index is 4.62. The van der Waals surface area contributed by atoms with Gasteiger partial charge in [0.2, 0.25) is 5.91 Å². The molecule has 0 aromatic heterocycles. The lowest BCUT2D eigenvalue weighted by molar-refractivity contribution is -0.150. The number of amides is 1. The van der Waals surface area contributed by atoms with Gasteiger partial charge >= 0.3 is 5.97 Å². The predicted octanol–water partition coefficient (Wildman–Crippen LogP) is 14.5. The third-order valence-corrected chi connectivity index (χ3v) is 11.2. The summed E-state index contributed by atoms with van der Waals surface area (Å²) in [6.07, 6.45) is 52.2. The lowest BCUT2D eigenvalue weighted by Gasteiger charge is -2.24. The number of unbranched alkanes of at least 4 members (excludes halogenated alkanes) is 26. The van der Waals surface area contributed by atoms with Gasteiger partial charge in [-0.05, 0) is 64.2 Å². The SMILES string of the molecule is CCCCCCCC/C=C\C/C=C/CCC(=O)OC(CCC/C=C\CCCCCCCC)CC(=O)NC(CO)C(O)CCCCCCCCCCCCCCCC. The van der Waals surface area contributed by atoms with Gasteiger partial charge in [0.1, 0.15) is 6.10 Å². The van der Waals surface area contributed by atoms with E-state index in [1.807, 2.05) is 6.08 Å². The second-order valence-corrected chi connectivity index (χ2v) is 16.9. The molecule has 0 radical (unpaired) electrons. The van der Waals surface area contributed by atoms with E-state index >= 15 is 0 Å². The summed E-state index contributed by atoms with van der Waals surface area (Å²) in [4.78, 5) is 26.0. The van der Waals surface area contributed by atoms with Crippen LogP contribution in [0, 0.1) is 0 Å². The number of esters is 1. The van der Waals surface area contributed by atoms with Crippen molar-refractivity contribution in [2.45, 2.75) is 270 Å². The summed E-state index contributed by atoms with van der Waals surface area (Å²) < 4.78 is 5.86. The van der Waals surface area contributed by atoms with Crippen molar-refractivity contribution in [2.24, 2.45) is 0 Å². The Morgan fingerprint density at radius 3 is 1.39 bits per heavy atom. The zero-order valence-corrected chi connectivity index (χ0v) is 38.0. The maximum absolute atomic E-state index is 13.1. The Morgan fingerprint density at radius 2 is 0.912 bits per heavy atom. The average Bonchev–Trinajstić information content (AvgIpc) is 3.20. The molecule has 3 unspecified atom stereocenters. The van der Waals surface area contributed by atoms with Crippen LogP contribution in [0.2, 0.25) is 0 Å². The third kappa shape index (κ3) is 40.6. The van der Waals surface area contributed by atoms with E-state index in [0.29, 0.717) is 19.3 Å². The van der Waals surface area contributed by atoms with Crippen LogP contribution in [-0.2, 0) is 14.3 Å². The van der Waals surface area contributed by atoms with Crippen molar-refractivity contribution >= 4 is 11.9 Å². The van der Waals surface area contributed by atoms with Gasteiger partial charge in [-0.25, -0.2) is 0 Å². The van der Waals surface area contributed by atoms with Crippen LogP contribution >= 0.6 is 0 Å². The van der Waals surface area contributed by atoms with Gasteiger partial charge in [0, 0.05) is 6.42 Å². The Labute approximate surface area is 353 Å². The number of nitrogens with one attached hydrogen (secondary N) is 1. The van der Waals surface area contributed by atoms with Gasteiger partial charge in [0.05, 0.1) is 25.2 Å². The van der Waals surface area contributed by atoms with Crippen molar-refractivity contribution in [3.63, 3.8) is 0 Å². The molecule has 3 atom stereocenters. The van der Waals surface area contributed by atoms with E-state index in [1.54, 1.807) is 0 Å². The Hall–Kier alpha value is -1.92. The molecule has 0 aliphatic carbocycles. The highest BCUT2D eigenvalue weighted by Gasteiger charge is 2.23. The number of ether oxygens (including phenoxy) is 1. The first-order valence-electron chi connectivity index (χ1n) is 24.7. The first-order valence-corrected chi connectivity index (χ1v) is 24.7. The van der Waals surface area contributed by atoms with Gasteiger partial charge in [0.25, 0.3) is 0 Å². The fraction of sp³-hybridized carbons (Fsp3) is 0.843. The van der Waals surface area contributed by atoms with E-state index in [2.05, 4.69) is 56.5 Å². The summed E-state index contributed by atoms with van der Waals surface area (Å²) in [5, 5.41) is 23.7. The molecule has 3 N–H and O–H groups in total. The maximum atomic E-state index is 13.1. The molecule has 1 amide bonds. The molecular weight excluding hydrogens is 707 g/mol. The van der Waals surface area contributed by atoms with Crippen LogP contribution in [0.4, 0.5) is 0 Å². The van der Waals surface area contributed by atoms with E-state index in [1.165, 1.54) is 148 Å². The summed E-state index contributed by atoms with van der Waals surface area (Å²) in [6, 6.07) is -0.717. The fourth-order valence-corrected chi connectivity index (χ4v) is 7.42. The standard InChI is InChI=1S/C51H95NO5/c1-4-7-10-13-16-19-22-24-26-28-31-34-37-40-43-49(54)48(46-53)52-50(55)45-47(42-39-36-33-30-27-21-18-15-12-9-6-3)57-51(56)44-41-38-35-32-29-25-23-20-17-14-11-8-5-2/h25,29-30,33,35,38,47-49,53-54H,4-24,26-28,31-32,34,36-37,39-46H2,1-3H3,(H,52,55)/b29-25-,33-30-,38-35+. The minimum absolute atomic E-state index is 0.0362. The number of allylic oxidation sites excluding steroid dienone is 6. The lowest BCUT2D eigenvalue weighted by Crippen LogP contribution is -2.46. The number of aliphatic hydroxyl groups excluding tert-OH is 2. The smallest absolute Gasteiger partial charge is 0.306 e. The molecule has 0 bridgehead atoms. The second-order valence-electron chi connectivity index (χ2n) is 16.9. The fourth-order valence-electron chi connectivity index (χ4n) is 7.42. The van der Waals surface area contributed by atoms with Crippen LogP contribution in [-0.4, -0.2) is 46.9 Å². The van der Waals surface area contributed by atoms with Crippen molar-refractivity contribution < 1.29 is 24.5 Å². The highest BCUT2D eigenvalue weighted by Crippen LogP contribution is 2.17. The summed E-state index contributed by atoms with van der Waals surface area (Å²) in [6.45, 7) is 6.44. The number of aliphatic hydroxyl groups is 2. The molecule has 57 heavy (non-hydrogen) atoms. The number of rotatable bonds is 44. The van der Waals surface area contributed by atoms with Crippen LogP contribution in [0.5, 0.6) is 0 Å². The predicted molar refractivity (Wildman–Crippen MR) is 246 cm³/mol. The Bertz CT molecular complexity index is 946. The van der Waals surface area contributed by atoms with Crippen molar-refractivity contribution in [2.75, 3.05) is 6.61 Å². The van der Waals surface area contributed by atoms with Crippen LogP contribution in [0.1, 0.15) is 252 Å². The van der Waals surface area contributed by atoms with Crippen molar-refractivity contribution in [1.29, 1.82) is 0 Å². The number of carbonyl (C=O) groups excluding carboxylic acids is 2. The molecule has 6 nitrogen and oxygen atoms in total. The minimum Gasteiger partial charge on any atom is -0.462 e. The van der Waals surface area contributed by atoms with Crippen LogP contribution < -0.4 is 5.32 Å². The number of carbonyl (C=O) groups is 2. The molecule has 6 heteroatoms. The van der Waals surface area contributed by atoms with Crippen LogP contribution in [0.3, 0.4) is 0 Å². The molecule has 334 valence electrons. The number of hydrogen-bond acceptors (Lipinski definition) is 5. The monoisotopic (exact) mass is 802 g/mol. The van der Waals surface area contributed by atoms with Crippen LogP contribution in [0.25, 0.3) is 0 Å². The topological polar surface area (TPSA) is 95.9 Å². The van der Waals surface area contributed by atoms with Crippen molar-refractivity contribution in [1.82, 2.24) is 5.32 Å². The van der Waals surface area contributed by atoms with Crippen LogP contribution in [0.15, 0.2) is 36.5 Å². The normalized spacial score (nSPS) is 13.6. The summed E-state index contributed by atoms with van der Waals surface area (Å²) in [7, 11) is 0. The first kappa shape index (κ1) is 55.1. The molecule has 0 aromatic rings. The highest BCUT2D eigenvalue weighted by atomic mass is 16.5. The van der Waals surface area contributed by atoms with E-state index in [4.69, 9.17) is 4.74 Å². The zero-order chi connectivity index (χ0) is 41.7. The maximum Gasteiger partial charge on any atom is 0.306 e. The second kappa shape index (κ2) is 45.2. The quantitative estimate of drug-likeness (QED) is 0.0324. The summed E-state index contributed by atoms with van der Waals surface area (Å²) in [5.74, 6) is -0.579.